The number of furan rings is 1. The molecule has 0 aliphatic rings. The Morgan fingerprint density at radius 2 is 1.80 bits per heavy atom. The lowest BCUT2D eigenvalue weighted by molar-refractivity contribution is 0.400. The van der Waals surface area contributed by atoms with Gasteiger partial charge in [0.15, 0.2) is 9.84 Å². The van der Waals surface area contributed by atoms with Crippen molar-refractivity contribution >= 4 is 31.5 Å². The van der Waals surface area contributed by atoms with Gasteiger partial charge < -0.3 is 9.15 Å². The smallest absolute Gasteiger partial charge is 0.244 e. The van der Waals surface area contributed by atoms with Crippen LogP contribution in [0.1, 0.15) is 11.0 Å². The molecular weight excluding hydrogens is 457 g/mol. The van der Waals surface area contributed by atoms with Gasteiger partial charge in [-0.25, -0.2) is 25.9 Å². The van der Waals surface area contributed by atoms with Crippen LogP contribution in [0, 0.1) is 5.82 Å². The Kier molecular flexibility index (Phi) is 6.51. The normalized spacial score (nSPS) is 13.2. The molecule has 3 aromatic rings. The number of sulfonamides is 1. The standard InChI is InChI=1S/C19H17ClFNO6S2/c1-27-16-9-6-14(21)11-18(16)30(25,26)22-12-19(17-3-2-10-28-17)29(23,24)15-7-4-13(20)5-8-15/h2-11,19,22H,12H2,1H3. The number of hydrogen-bond acceptors (Lipinski definition) is 6. The highest BCUT2D eigenvalue weighted by molar-refractivity contribution is 7.92. The third kappa shape index (κ3) is 4.67. The summed E-state index contributed by atoms with van der Waals surface area (Å²) < 4.78 is 77.8. The summed E-state index contributed by atoms with van der Waals surface area (Å²) in [5, 5.41) is -1.02. The molecule has 2 aromatic carbocycles. The molecule has 30 heavy (non-hydrogen) atoms. The minimum Gasteiger partial charge on any atom is -0.495 e. The van der Waals surface area contributed by atoms with Crippen LogP contribution >= 0.6 is 11.6 Å². The third-order valence-corrected chi connectivity index (χ3v) is 8.03. The molecule has 1 unspecified atom stereocenters. The van der Waals surface area contributed by atoms with Gasteiger partial charge in [-0.3, -0.25) is 0 Å². The van der Waals surface area contributed by atoms with Gasteiger partial charge in [0.2, 0.25) is 10.0 Å². The van der Waals surface area contributed by atoms with Crippen molar-refractivity contribution in [1.29, 1.82) is 0 Å². The van der Waals surface area contributed by atoms with Crippen molar-refractivity contribution in [2.45, 2.75) is 15.0 Å². The van der Waals surface area contributed by atoms with Crippen molar-refractivity contribution in [3.63, 3.8) is 0 Å². The zero-order chi connectivity index (χ0) is 21.9. The lowest BCUT2D eigenvalue weighted by Crippen LogP contribution is -2.32. The number of nitrogens with one attached hydrogen (secondary N) is 1. The number of sulfone groups is 1. The van der Waals surface area contributed by atoms with Crippen LogP contribution in [0.3, 0.4) is 0 Å². The average molecular weight is 474 g/mol. The summed E-state index contributed by atoms with van der Waals surface area (Å²) in [6.45, 7) is -0.555. The van der Waals surface area contributed by atoms with Gasteiger partial charge in [-0.15, -0.1) is 0 Å². The first-order valence-electron chi connectivity index (χ1n) is 8.51. The van der Waals surface area contributed by atoms with E-state index in [0.717, 1.165) is 12.1 Å². The topological polar surface area (TPSA) is 103 Å². The summed E-state index contributed by atoms with van der Waals surface area (Å²) in [6, 6.07) is 11.4. The van der Waals surface area contributed by atoms with Crippen molar-refractivity contribution in [3.8, 4) is 5.75 Å². The molecule has 0 saturated carbocycles. The monoisotopic (exact) mass is 473 g/mol. The van der Waals surface area contributed by atoms with Crippen molar-refractivity contribution in [2.75, 3.05) is 13.7 Å². The van der Waals surface area contributed by atoms with Crippen molar-refractivity contribution < 1.29 is 30.4 Å². The fraction of sp³-hybridized carbons (Fsp3) is 0.158. The zero-order valence-corrected chi connectivity index (χ0v) is 18.0. The number of hydrogen-bond donors (Lipinski definition) is 1. The largest absolute Gasteiger partial charge is 0.495 e. The molecule has 0 amide bonds. The summed E-state index contributed by atoms with van der Waals surface area (Å²) in [4.78, 5) is -0.511. The maximum atomic E-state index is 13.6. The Morgan fingerprint density at radius 1 is 1.10 bits per heavy atom. The molecule has 0 bridgehead atoms. The maximum absolute atomic E-state index is 13.6. The van der Waals surface area contributed by atoms with E-state index in [0.29, 0.717) is 5.02 Å². The first kappa shape index (κ1) is 22.3. The number of methoxy groups -OCH3 is 1. The predicted octanol–water partition coefficient (Wildman–Crippen LogP) is 3.57. The van der Waals surface area contributed by atoms with E-state index in [1.165, 1.54) is 55.8 Å². The predicted molar refractivity (Wildman–Crippen MR) is 108 cm³/mol. The van der Waals surface area contributed by atoms with Gasteiger partial charge in [0.1, 0.15) is 27.5 Å². The van der Waals surface area contributed by atoms with Gasteiger partial charge in [0.05, 0.1) is 18.3 Å². The van der Waals surface area contributed by atoms with Crippen LogP contribution in [0.5, 0.6) is 5.75 Å². The molecule has 0 aliphatic heterocycles. The summed E-state index contributed by atoms with van der Waals surface area (Å²) in [6.07, 6.45) is 1.28. The molecule has 7 nitrogen and oxygen atoms in total. The molecule has 11 heteroatoms. The Hall–Kier alpha value is -2.40. The van der Waals surface area contributed by atoms with Gasteiger partial charge in [-0.05, 0) is 54.6 Å². The summed E-state index contributed by atoms with van der Waals surface area (Å²) in [7, 11) is -7.12. The fourth-order valence-electron chi connectivity index (χ4n) is 2.75. The van der Waals surface area contributed by atoms with Crippen molar-refractivity contribution in [2.24, 2.45) is 0 Å². The molecule has 1 heterocycles. The average Bonchev–Trinajstić information content (AvgIpc) is 3.22. The minimum atomic E-state index is -4.30. The fourth-order valence-corrected chi connectivity index (χ4v) is 5.79. The van der Waals surface area contributed by atoms with Gasteiger partial charge in [-0.2, -0.15) is 0 Å². The van der Waals surface area contributed by atoms with Gasteiger partial charge in [0.25, 0.3) is 0 Å². The van der Waals surface area contributed by atoms with Gasteiger partial charge in [-0.1, -0.05) is 11.6 Å². The second-order valence-electron chi connectivity index (χ2n) is 6.15. The molecular formula is C19H17ClFNO6S2. The highest BCUT2D eigenvalue weighted by atomic mass is 35.5. The number of ether oxygens (including phenoxy) is 1. The van der Waals surface area contributed by atoms with Crippen LogP contribution in [0.2, 0.25) is 5.02 Å². The lowest BCUT2D eigenvalue weighted by atomic mass is 10.3. The SMILES string of the molecule is COc1ccc(F)cc1S(=O)(=O)NCC(c1ccco1)S(=O)(=O)c1ccc(Cl)cc1. The molecule has 1 atom stereocenters. The van der Waals surface area contributed by atoms with Crippen LogP contribution in [-0.4, -0.2) is 30.5 Å². The van der Waals surface area contributed by atoms with Crippen LogP contribution in [-0.2, 0) is 19.9 Å². The van der Waals surface area contributed by atoms with E-state index in [2.05, 4.69) is 4.72 Å². The summed E-state index contributed by atoms with van der Waals surface area (Å²) in [5.74, 6) is -0.828. The van der Waals surface area contributed by atoms with E-state index < -0.39 is 42.4 Å². The molecule has 1 N–H and O–H groups in total. The summed E-state index contributed by atoms with van der Waals surface area (Å²) in [5.41, 5.74) is 0. The number of benzene rings is 2. The zero-order valence-electron chi connectivity index (χ0n) is 15.6. The quantitative estimate of drug-likeness (QED) is 0.536. The second kappa shape index (κ2) is 8.76. The van der Waals surface area contributed by atoms with E-state index in [1.54, 1.807) is 0 Å². The molecule has 3 rings (SSSR count). The maximum Gasteiger partial charge on any atom is 0.244 e. The van der Waals surface area contributed by atoms with Crippen LogP contribution in [0.4, 0.5) is 4.39 Å². The van der Waals surface area contributed by atoms with Crippen LogP contribution < -0.4 is 9.46 Å². The minimum absolute atomic E-state index is 0.0406. The van der Waals surface area contributed by atoms with E-state index in [4.69, 9.17) is 20.8 Å². The van der Waals surface area contributed by atoms with Crippen LogP contribution in [0.15, 0.2) is 75.1 Å². The highest BCUT2D eigenvalue weighted by Gasteiger charge is 2.33. The third-order valence-electron chi connectivity index (χ3n) is 4.25. The lowest BCUT2D eigenvalue weighted by Gasteiger charge is -2.17. The first-order valence-corrected chi connectivity index (χ1v) is 11.9. The van der Waals surface area contributed by atoms with E-state index in [-0.39, 0.29) is 16.4 Å². The Labute approximate surface area is 178 Å². The molecule has 160 valence electrons. The Bertz CT molecular complexity index is 1230. The molecule has 0 spiro atoms. The van der Waals surface area contributed by atoms with Gasteiger partial charge >= 0.3 is 0 Å². The molecule has 0 saturated heterocycles. The number of halogens is 2. The van der Waals surface area contributed by atoms with Crippen molar-refractivity contribution in [1.82, 2.24) is 4.72 Å². The van der Waals surface area contributed by atoms with Crippen molar-refractivity contribution in [3.05, 3.63) is 77.5 Å². The van der Waals surface area contributed by atoms with Crippen LogP contribution in [0.25, 0.3) is 0 Å². The molecule has 1 aromatic heterocycles. The second-order valence-corrected chi connectivity index (χ2v) is 10.5. The first-order chi connectivity index (χ1) is 14.1. The highest BCUT2D eigenvalue weighted by Crippen LogP contribution is 2.31. The van der Waals surface area contributed by atoms with E-state index >= 15 is 0 Å². The summed E-state index contributed by atoms with van der Waals surface area (Å²) >= 11 is 5.82. The molecule has 0 radical (unpaired) electrons. The number of rotatable bonds is 8. The molecule has 0 aliphatic carbocycles. The Morgan fingerprint density at radius 3 is 2.40 bits per heavy atom. The van der Waals surface area contributed by atoms with E-state index in [1.807, 2.05) is 0 Å². The molecule has 0 fully saturated rings. The van der Waals surface area contributed by atoms with E-state index in [9.17, 15) is 21.2 Å². The Balaban J connectivity index is 1.96. The van der Waals surface area contributed by atoms with Gasteiger partial charge in [0, 0.05) is 11.6 Å².